The molecular formula is C16H15N3O6S. The Balaban J connectivity index is 2.22. The van der Waals surface area contributed by atoms with Gasteiger partial charge in [0.15, 0.2) is 5.75 Å². The number of aromatic hydroxyl groups is 1. The summed E-state index contributed by atoms with van der Waals surface area (Å²) in [6, 6.07) is 8.35. The molecule has 1 amide bonds. The van der Waals surface area contributed by atoms with E-state index in [1.807, 2.05) is 0 Å². The number of anilines is 1. The summed E-state index contributed by atoms with van der Waals surface area (Å²) in [6.07, 6.45) is 1.53. The van der Waals surface area contributed by atoms with Gasteiger partial charge in [-0.25, -0.2) is 8.42 Å². The molecular weight excluding hydrogens is 362 g/mol. The van der Waals surface area contributed by atoms with Gasteiger partial charge in [-0.2, -0.15) is 0 Å². The smallest absolute Gasteiger partial charge is 0.312 e. The fourth-order valence-electron chi connectivity index (χ4n) is 1.99. The topological polar surface area (TPSA) is 139 Å². The van der Waals surface area contributed by atoms with Crippen LogP contribution in [0.1, 0.15) is 10.4 Å². The number of hydrogen-bond acceptors (Lipinski definition) is 6. The fourth-order valence-corrected chi connectivity index (χ4v) is 3.07. The maximum atomic E-state index is 12.3. The third-order valence-electron chi connectivity index (χ3n) is 3.26. The lowest BCUT2D eigenvalue weighted by Gasteiger charge is -2.09. The third-order valence-corrected chi connectivity index (χ3v) is 4.64. The van der Waals surface area contributed by atoms with Gasteiger partial charge in [0, 0.05) is 23.9 Å². The zero-order chi connectivity index (χ0) is 19.3. The van der Waals surface area contributed by atoms with Crippen LogP contribution in [-0.2, 0) is 10.0 Å². The second-order valence-electron chi connectivity index (χ2n) is 5.09. The summed E-state index contributed by atoms with van der Waals surface area (Å²) < 4.78 is 26.9. The first-order valence-corrected chi connectivity index (χ1v) is 8.72. The van der Waals surface area contributed by atoms with Crippen molar-refractivity contribution in [3.63, 3.8) is 0 Å². The van der Waals surface area contributed by atoms with E-state index >= 15 is 0 Å². The van der Waals surface area contributed by atoms with Crippen LogP contribution in [0.4, 0.5) is 11.4 Å². The molecule has 2 rings (SSSR count). The normalized spacial score (nSPS) is 10.8. The Bertz CT molecular complexity index is 954. The molecule has 0 atom stereocenters. The van der Waals surface area contributed by atoms with Crippen LogP contribution in [0.3, 0.4) is 0 Å². The number of nitrogens with one attached hydrogen (secondary N) is 2. The number of carbonyl (C=O) groups is 1. The third kappa shape index (κ3) is 4.36. The number of benzene rings is 2. The van der Waals surface area contributed by atoms with Crippen molar-refractivity contribution in [2.45, 2.75) is 4.90 Å². The van der Waals surface area contributed by atoms with Gasteiger partial charge in [-0.15, -0.1) is 6.58 Å². The molecule has 0 aromatic heterocycles. The molecule has 26 heavy (non-hydrogen) atoms. The lowest BCUT2D eigenvalue weighted by atomic mass is 10.2. The van der Waals surface area contributed by atoms with Crippen LogP contribution >= 0.6 is 0 Å². The molecule has 0 unspecified atom stereocenters. The second kappa shape index (κ2) is 7.66. The Labute approximate surface area is 149 Å². The molecule has 0 aliphatic rings. The Kier molecular flexibility index (Phi) is 5.58. The highest BCUT2D eigenvalue weighted by molar-refractivity contribution is 7.92. The number of phenols is 1. The van der Waals surface area contributed by atoms with Crippen LogP contribution in [-0.4, -0.2) is 30.9 Å². The highest BCUT2D eigenvalue weighted by atomic mass is 32.2. The van der Waals surface area contributed by atoms with Gasteiger partial charge in [0.1, 0.15) is 0 Å². The van der Waals surface area contributed by atoms with E-state index in [1.165, 1.54) is 30.3 Å². The molecule has 0 aliphatic carbocycles. The van der Waals surface area contributed by atoms with Gasteiger partial charge >= 0.3 is 5.69 Å². The van der Waals surface area contributed by atoms with Crippen LogP contribution in [0.25, 0.3) is 0 Å². The molecule has 3 N–H and O–H groups in total. The van der Waals surface area contributed by atoms with Crippen molar-refractivity contribution >= 4 is 27.3 Å². The number of sulfonamides is 1. The Morgan fingerprint density at radius 3 is 2.46 bits per heavy atom. The molecule has 0 bridgehead atoms. The minimum atomic E-state index is -4.11. The lowest BCUT2D eigenvalue weighted by molar-refractivity contribution is -0.386. The lowest BCUT2D eigenvalue weighted by Crippen LogP contribution is -2.23. The highest BCUT2D eigenvalue weighted by Gasteiger charge is 2.21. The number of phenolic OH excluding ortho intramolecular Hbond substituents is 1. The Morgan fingerprint density at radius 2 is 1.88 bits per heavy atom. The second-order valence-corrected chi connectivity index (χ2v) is 6.77. The van der Waals surface area contributed by atoms with Crippen LogP contribution in [0, 0.1) is 10.1 Å². The standard InChI is InChI=1S/C16H15N3O6S/c1-2-9-17-16(21)11-3-5-12(6-4-11)18-26(24,25)13-7-8-15(20)14(10-13)19(22)23/h2-8,10,18,20H,1,9H2,(H,17,21). The molecule has 0 spiro atoms. The molecule has 2 aromatic carbocycles. The van der Waals surface area contributed by atoms with Gasteiger partial charge in [0.2, 0.25) is 0 Å². The molecule has 0 aliphatic heterocycles. The van der Waals surface area contributed by atoms with E-state index in [2.05, 4.69) is 16.6 Å². The van der Waals surface area contributed by atoms with Crippen LogP contribution in [0.2, 0.25) is 0 Å². The van der Waals surface area contributed by atoms with E-state index in [-0.39, 0.29) is 16.5 Å². The molecule has 0 saturated heterocycles. The monoisotopic (exact) mass is 377 g/mol. The molecule has 2 aromatic rings. The largest absolute Gasteiger partial charge is 0.502 e. The van der Waals surface area contributed by atoms with Gasteiger partial charge in [0.05, 0.1) is 9.82 Å². The minimum Gasteiger partial charge on any atom is -0.502 e. The van der Waals surface area contributed by atoms with Crippen molar-refractivity contribution in [2.24, 2.45) is 0 Å². The van der Waals surface area contributed by atoms with Crippen LogP contribution in [0.15, 0.2) is 60.0 Å². The summed E-state index contributed by atoms with van der Waals surface area (Å²) in [4.78, 5) is 21.3. The van der Waals surface area contributed by atoms with Crippen molar-refractivity contribution in [1.82, 2.24) is 5.32 Å². The molecule has 10 heteroatoms. The summed E-state index contributed by atoms with van der Waals surface area (Å²) in [5.41, 5.74) is -0.224. The fraction of sp³-hybridized carbons (Fsp3) is 0.0625. The Morgan fingerprint density at radius 1 is 1.23 bits per heavy atom. The van der Waals surface area contributed by atoms with Crippen LogP contribution in [0.5, 0.6) is 5.75 Å². The summed E-state index contributed by atoms with van der Waals surface area (Å²) in [5, 5.41) is 22.8. The number of nitro groups is 1. The van der Waals surface area contributed by atoms with Crippen molar-refractivity contribution in [3.8, 4) is 5.75 Å². The highest BCUT2D eigenvalue weighted by Crippen LogP contribution is 2.29. The number of rotatable bonds is 7. The minimum absolute atomic E-state index is 0.168. The number of nitro benzene ring substituents is 1. The van der Waals surface area contributed by atoms with E-state index in [0.29, 0.717) is 12.1 Å². The van der Waals surface area contributed by atoms with E-state index in [9.17, 15) is 28.4 Å². The summed E-state index contributed by atoms with van der Waals surface area (Å²) in [5.74, 6) is -0.975. The summed E-state index contributed by atoms with van der Waals surface area (Å²) in [6.45, 7) is 3.78. The average Bonchev–Trinajstić information content (AvgIpc) is 2.59. The summed E-state index contributed by atoms with van der Waals surface area (Å²) >= 11 is 0. The predicted molar refractivity (Wildman–Crippen MR) is 94.5 cm³/mol. The van der Waals surface area contributed by atoms with E-state index < -0.39 is 26.4 Å². The first kappa shape index (κ1) is 18.9. The van der Waals surface area contributed by atoms with Crippen molar-refractivity contribution in [2.75, 3.05) is 11.3 Å². The van der Waals surface area contributed by atoms with E-state index in [4.69, 9.17) is 0 Å². The molecule has 0 fully saturated rings. The zero-order valence-electron chi connectivity index (χ0n) is 13.4. The number of amides is 1. The first-order chi connectivity index (χ1) is 12.2. The van der Waals surface area contributed by atoms with Crippen LogP contribution < -0.4 is 10.0 Å². The van der Waals surface area contributed by atoms with Gasteiger partial charge in [-0.3, -0.25) is 19.6 Å². The molecule has 0 radical (unpaired) electrons. The number of nitrogens with zero attached hydrogens (tertiary/aromatic N) is 1. The summed E-state index contributed by atoms with van der Waals surface area (Å²) in [7, 11) is -4.11. The van der Waals surface area contributed by atoms with Gasteiger partial charge < -0.3 is 10.4 Å². The van der Waals surface area contributed by atoms with Crippen molar-refractivity contribution in [3.05, 3.63) is 70.8 Å². The molecule has 0 heterocycles. The predicted octanol–water partition coefficient (Wildman–Crippen LogP) is 2.02. The zero-order valence-corrected chi connectivity index (χ0v) is 14.2. The molecule has 136 valence electrons. The van der Waals surface area contributed by atoms with Crippen molar-refractivity contribution in [1.29, 1.82) is 0 Å². The van der Waals surface area contributed by atoms with E-state index in [1.54, 1.807) is 0 Å². The van der Waals surface area contributed by atoms with Gasteiger partial charge in [-0.1, -0.05) is 6.08 Å². The van der Waals surface area contributed by atoms with Gasteiger partial charge in [0.25, 0.3) is 15.9 Å². The average molecular weight is 377 g/mol. The SMILES string of the molecule is C=CCNC(=O)c1ccc(NS(=O)(=O)c2ccc(O)c([N+](=O)[O-])c2)cc1. The number of hydrogen-bond donors (Lipinski definition) is 3. The maximum Gasteiger partial charge on any atom is 0.312 e. The van der Waals surface area contributed by atoms with E-state index in [0.717, 1.165) is 18.2 Å². The Hall–Kier alpha value is -3.40. The first-order valence-electron chi connectivity index (χ1n) is 7.24. The molecule has 9 nitrogen and oxygen atoms in total. The molecule has 0 saturated carbocycles. The number of carbonyl (C=O) groups excluding carboxylic acids is 1. The van der Waals surface area contributed by atoms with Crippen molar-refractivity contribution < 1.29 is 23.2 Å². The maximum absolute atomic E-state index is 12.3. The quantitative estimate of drug-likeness (QED) is 0.383. The van der Waals surface area contributed by atoms with Gasteiger partial charge in [-0.05, 0) is 36.4 Å².